The van der Waals surface area contributed by atoms with Crippen molar-refractivity contribution in [1.29, 1.82) is 0 Å². The molecule has 0 radical (unpaired) electrons. The number of rotatable bonds is 8. The number of carbonyl (C=O) groups is 2. The summed E-state index contributed by atoms with van der Waals surface area (Å²) in [4.78, 5) is 44.7. The van der Waals surface area contributed by atoms with E-state index in [0.29, 0.717) is 67.8 Å². The molecule has 0 aliphatic carbocycles. The molecule has 8 rings (SSSR count). The third-order valence-electron chi connectivity index (χ3n) is 11.2. The van der Waals surface area contributed by atoms with Crippen LogP contribution in [0.15, 0.2) is 48.7 Å². The predicted molar refractivity (Wildman–Crippen MR) is 220 cm³/mol. The van der Waals surface area contributed by atoms with Crippen LogP contribution in [0.1, 0.15) is 67.9 Å². The van der Waals surface area contributed by atoms with Gasteiger partial charge in [0, 0.05) is 49.8 Å². The average Bonchev–Trinajstić information content (AvgIpc) is 3.57. The molecule has 0 spiro atoms. The van der Waals surface area contributed by atoms with Crippen LogP contribution >= 0.6 is 0 Å². The molecule has 2 aromatic heterocycles. The number of pyridine rings is 1. The molecule has 0 unspecified atom stereocenters. The van der Waals surface area contributed by atoms with E-state index < -0.39 is 41.0 Å². The lowest BCUT2D eigenvalue weighted by Crippen LogP contribution is -2.43. The summed E-state index contributed by atoms with van der Waals surface area (Å²) in [6.45, 7) is 10.1. The van der Waals surface area contributed by atoms with E-state index in [-0.39, 0.29) is 57.3 Å². The number of anilines is 2. The fourth-order valence-electron chi connectivity index (χ4n) is 8.54. The number of aromatic nitrogens is 3. The second kappa shape index (κ2) is 16.2. The Morgan fingerprint density at radius 2 is 1.92 bits per heavy atom. The summed E-state index contributed by atoms with van der Waals surface area (Å²) in [5.74, 6) is 0.315. The van der Waals surface area contributed by atoms with Crippen molar-refractivity contribution in [1.82, 2.24) is 19.9 Å². The maximum absolute atomic E-state index is 17.4. The van der Waals surface area contributed by atoms with Gasteiger partial charge in [-0.05, 0) is 88.7 Å². The minimum atomic E-state index is -0.972. The van der Waals surface area contributed by atoms with E-state index in [2.05, 4.69) is 26.1 Å². The number of halogens is 3. The minimum absolute atomic E-state index is 0.0327. The van der Waals surface area contributed by atoms with Crippen molar-refractivity contribution < 1.29 is 41.7 Å². The van der Waals surface area contributed by atoms with Crippen molar-refractivity contribution in [3.63, 3.8) is 0 Å². The zero-order valence-corrected chi connectivity index (χ0v) is 33.9. The number of terminal acetylenes is 1. The zero-order valence-electron chi connectivity index (χ0n) is 33.9. The van der Waals surface area contributed by atoms with Gasteiger partial charge in [-0.2, -0.15) is 9.97 Å². The number of hydrogen-bond acceptors (Lipinski definition) is 11. The van der Waals surface area contributed by atoms with Gasteiger partial charge in [-0.25, -0.2) is 22.8 Å². The molecule has 3 aliphatic heterocycles. The van der Waals surface area contributed by atoms with Crippen LogP contribution in [-0.4, -0.2) is 95.2 Å². The quantitative estimate of drug-likeness (QED) is 0.0925. The number of benzene rings is 3. The number of nitrogens with zero attached hydrogens (tertiary/aromatic N) is 5. The summed E-state index contributed by atoms with van der Waals surface area (Å²) in [5.41, 5.74) is -1.08. The number of esters is 1. The molecule has 15 heteroatoms. The van der Waals surface area contributed by atoms with Crippen LogP contribution in [0.4, 0.5) is 29.5 Å². The van der Waals surface area contributed by atoms with Crippen molar-refractivity contribution in [2.75, 3.05) is 56.2 Å². The molecule has 0 bridgehead atoms. The van der Waals surface area contributed by atoms with Crippen LogP contribution in [0.5, 0.6) is 11.8 Å². The van der Waals surface area contributed by atoms with Crippen molar-refractivity contribution in [2.45, 2.75) is 70.7 Å². The largest absolute Gasteiger partial charge is 0.461 e. The molecule has 3 aliphatic rings. The average molecular weight is 823 g/mol. The molecule has 1 amide bonds. The third kappa shape index (κ3) is 8.01. The molecule has 3 saturated heterocycles. The molecule has 0 saturated carbocycles. The predicted octanol–water partition coefficient (Wildman–Crippen LogP) is 8.16. The number of amides is 1. The number of fused-ring (bicyclic) bond motifs is 3. The van der Waals surface area contributed by atoms with Crippen molar-refractivity contribution in [3.05, 3.63) is 77.0 Å². The standard InChI is InChI=1S/C45H45F3N6O6/c1-6-30-33(47)13-12-27-20-29(59-41(55)35-26(2)10-7-11-34(35)50-43(56)60-44(3,4)5)21-31(36(27)30)38-37(48)39-32(23-49-38)40(53-15-9-18-57-19-17-53)52-42(51-39)58-25-45-14-8-16-54(45)24-28(46)22-45/h1,7,10-13,20-21,23,28H,8-9,14-19,22,24-25H2,2-5H3,(H,50,56)/t28-,45+/m1/s1. The van der Waals surface area contributed by atoms with Crippen LogP contribution in [0, 0.1) is 30.9 Å². The monoisotopic (exact) mass is 822 g/mol. The number of ether oxygens (including phenoxy) is 4. The van der Waals surface area contributed by atoms with E-state index in [4.69, 9.17) is 30.4 Å². The van der Waals surface area contributed by atoms with Crippen molar-refractivity contribution in [3.8, 4) is 35.4 Å². The molecule has 1 N–H and O–H groups in total. The van der Waals surface area contributed by atoms with Crippen LogP contribution in [0.2, 0.25) is 0 Å². The Kier molecular flexibility index (Phi) is 11.0. The molecule has 2 atom stereocenters. The van der Waals surface area contributed by atoms with Gasteiger partial charge in [-0.1, -0.05) is 24.1 Å². The fourth-order valence-corrected chi connectivity index (χ4v) is 8.54. The Labute approximate surface area is 345 Å². The number of carbonyl (C=O) groups excluding carboxylic acids is 2. The maximum Gasteiger partial charge on any atom is 0.412 e. The molecule has 12 nitrogen and oxygen atoms in total. The van der Waals surface area contributed by atoms with Gasteiger partial charge in [0.1, 0.15) is 47.0 Å². The highest BCUT2D eigenvalue weighted by atomic mass is 19.1. The molecule has 3 aromatic carbocycles. The Hall–Kier alpha value is -5.98. The molecule has 3 fully saturated rings. The first-order valence-electron chi connectivity index (χ1n) is 20.0. The summed E-state index contributed by atoms with van der Waals surface area (Å²) in [7, 11) is 0. The third-order valence-corrected chi connectivity index (χ3v) is 11.2. The second-order valence-electron chi connectivity index (χ2n) is 16.5. The van der Waals surface area contributed by atoms with Gasteiger partial charge in [-0.3, -0.25) is 15.2 Å². The van der Waals surface area contributed by atoms with Gasteiger partial charge in [0.05, 0.1) is 34.3 Å². The fraction of sp³-hybridized carbons (Fsp3) is 0.400. The van der Waals surface area contributed by atoms with Crippen LogP contribution in [0.3, 0.4) is 0 Å². The first-order chi connectivity index (χ1) is 28.7. The molecule has 5 aromatic rings. The lowest BCUT2D eigenvalue weighted by atomic mass is 9.95. The molecule has 312 valence electrons. The summed E-state index contributed by atoms with van der Waals surface area (Å²) in [6.07, 6.45) is 8.25. The summed E-state index contributed by atoms with van der Waals surface area (Å²) >= 11 is 0. The highest BCUT2D eigenvalue weighted by Gasteiger charge is 2.49. The van der Waals surface area contributed by atoms with E-state index in [9.17, 15) is 14.0 Å². The molecule has 5 heterocycles. The van der Waals surface area contributed by atoms with Gasteiger partial charge in [0.25, 0.3) is 0 Å². The number of aryl methyl sites for hydroxylation is 1. The summed E-state index contributed by atoms with van der Waals surface area (Å²) in [5, 5.41) is 3.42. The van der Waals surface area contributed by atoms with Gasteiger partial charge in [0.15, 0.2) is 5.82 Å². The first-order valence-corrected chi connectivity index (χ1v) is 20.0. The van der Waals surface area contributed by atoms with Crippen LogP contribution in [-0.2, 0) is 9.47 Å². The Morgan fingerprint density at radius 3 is 2.72 bits per heavy atom. The van der Waals surface area contributed by atoms with Gasteiger partial charge >= 0.3 is 18.1 Å². The van der Waals surface area contributed by atoms with E-state index >= 15 is 8.78 Å². The van der Waals surface area contributed by atoms with Gasteiger partial charge in [-0.15, -0.1) is 6.42 Å². The molecular weight excluding hydrogens is 778 g/mol. The van der Waals surface area contributed by atoms with E-state index in [1.807, 2.05) is 4.90 Å². The SMILES string of the molecule is C#Cc1c(F)ccc2cc(OC(=O)c3c(C)cccc3NC(=O)OC(C)(C)C)cc(-c3ncc4c(N5CCCOCC5)nc(OC[C@@]56CCCN5C[C@H](F)C6)nc4c3F)c12. The molecule has 60 heavy (non-hydrogen) atoms. The van der Waals surface area contributed by atoms with E-state index in [1.54, 1.807) is 39.8 Å². The van der Waals surface area contributed by atoms with E-state index in [1.165, 1.54) is 36.5 Å². The lowest BCUT2D eigenvalue weighted by Gasteiger charge is -2.31. The minimum Gasteiger partial charge on any atom is -0.461 e. The number of alkyl halides is 1. The normalized spacial score (nSPS) is 19.5. The van der Waals surface area contributed by atoms with Crippen molar-refractivity contribution >= 4 is 45.2 Å². The highest BCUT2D eigenvalue weighted by Crippen LogP contribution is 2.42. The smallest absolute Gasteiger partial charge is 0.412 e. The maximum atomic E-state index is 17.4. The van der Waals surface area contributed by atoms with Crippen molar-refractivity contribution in [2.24, 2.45) is 0 Å². The highest BCUT2D eigenvalue weighted by molar-refractivity contribution is 6.05. The summed E-state index contributed by atoms with van der Waals surface area (Å²) < 4.78 is 70.8. The van der Waals surface area contributed by atoms with E-state index in [0.717, 1.165) is 19.4 Å². The second-order valence-corrected chi connectivity index (χ2v) is 16.5. The molecular formula is C45H45F3N6O6. The Balaban J connectivity index is 1.23. The van der Waals surface area contributed by atoms with Crippen LogP contribution < -0.4 is 19.7 Å². The van der Waals surface area contributed by atoms with Gasteiger partial charge < -0.3 is 23.8 Å². The Bertz CT molecular complexity index is 2550. The summed E-state index contributed by atoms with van der Waals surface area (Å²) in [6, 6.07) is 10.3. The van der Waals surface area contributed by atoms with Crippen LogP contribution in [0.25, 0.3) is 32.9 Å². The first kappa shape index (κ1) is 40.8. The number of hydrogen-bond donors (Lipinski definition) is 1. The topological polar surface area (TPSA) is 128 Å². The zero-order chi connectivity index (χ0) is 42.3. The van der Waals surface area contributed by atoms with Gasteiger partial charge in [0.2, 0.25) is 0 Å². The number of nitrogens with one attached hydrogen (secondary N) is 1. The lowest BCUT2D eigenvalue weighted by molar-refractivity contribution is 0.0636. The Morgan fingerprint density at radius 1 is 1.08 bits per heavy atom.